The van der Waals surface area contributed by atoms with Crippen molar-refractivity contribution in [3.63, 3.8) is 0 Å². The van der Waals surface area contributed by atoms with Gasteiger partial charge >= 0.3 is 0 Å². The maximum atomic E-state index is 13.2. The molecule has 0 spiro atoms. The van der Waals surface area contributed by atoms with Gasteiger partial charge in [0, 0.05) is 48.3 Å². The van der Waals surface area contributed by atoms with Crippen LogP contribution in [0.4, 0.5) is 5.69 Å². The third-order valence-electron chi connectivity index (χ3n) is 5.59. The third-order valence-corrected chi connectivity index (χ3v) is 6.94. The Morgan fingerprint density at radius 2 is 1.77 bits per heavy atom. The number of carbonyl (C=O) groups excluding carboxylic acids is 1. The average molecular weight is 453 g/mol. The summed E-state index contributed by atoms with van der Waals surface area (Å²) in [4.78, 5) is 19.0. The largest absolute Gasteiger partial charge is 0.508 e. The van der Waals surface area contributed by atoms with Crippen LogP contribution in [-0.2, 0) is 0 Å². The van der Waals surface area contributed by atoms with E-state index >= 15 is 0 Å². The first-order valence-electron chi connectivity index (χ1n) is 10.1. The fraction of sp³-hybridized carbons (Fsp3) is 0.217. The van der Waals surface area contributed by atoms with Crippen LogP contribution in [0.25, 0.3) is 15.9 Å². The molecule has 0 aliphatic carbocycles. The average Bonchev–Trinajstić information content (AvgIpc) is 3.35. The van der Waals surface area contributed by atoms with Crippen LogP contribution in [0, 0.1) is 6.92 Å². The lowest BCUT2D eigenvalue weighted by Crippen LogP contribution is -2.48. The molecule has 6 nitrogen and oxygen atoms in total. The number of carbonyl (C=O) groups is 1. The molecule has 3 heterocycles. The van der Waals surface area contributed by atoms with Crippen LogP contribution in [0.1, 0.15) is 15.4 Å². The van der Waals surface area contributed by atoms with E-state index in [0.29, 0.717) is 18.1 Å². The molecule has 0 unspecified atom stereocenters. The maximum absolute atomic E-state index is 13.2. The van der Waals surface area contributed by atoms with E-state index in [1.807, 2.05) is 59.0 Å². The first-order chi connectivity index (χ1) is 15.0. The van der Waals surface area contributed by atoms with E-state index in [2.05, 4.69) is 10.00 Å². The molecule has 0 radical (unpaired) electrons. The van der Waals surface area contributed by atoms with Crippen molar-refractivity contribution in [2.24, 2.45) is 0 Å². The number of benzene rings is 2. The Labute approximate surface area is 188 Å². The van der Waals surface area contributed by atoms with E-state index in [1.54, 1.807) is 12.1 Å². The zero-order valence-electron chi connectivity index (χ0n) is 17.0. The van der Waals surface area contributed by atoms with Crippen LogP contribution >= 0.6 is 22.9 Å². The Morgan fingerprint density at radius 3 is 2.48 bits per heavy atom. The van der Waals surface area contributed by atoms with Crippen LogP contribution in [0.2, 0.25) is 5.02 Å². The SMILES string of the molecule is Cc1nn(-c2ccc(Cl)cc2)c2sc(C(=O)N3CCN(c4cccc(O)c4)CC3)cc12. The Bertz CT molecular complexity index is 1260. The molecule has 1 aliphatic heterocycles. The van der Waals surface area contributed by atoms with Gasteiger partial charge in [0.05, 0.1) is 16.3 Å². The molecule has 0 saturated carbocycles. The van der Waals surface area contributed by atoms with Gasteiger partial charge in [-0.05, 0) is 49.4 Å². The molecule has 1 N–H and O–H groups in total. The lowest BCUT2D eigenvalue weighted by atomic mass is 10.2. The predicted octanol–water partition coefficient (Wildman–Crippen LogP) is 4.72. The molecule has 8 heteroatoms. The van der Waals surface area contributed by atoms with Crippen molar-refractivity contribution in [2.75, 3.05) is 31.1 Å². The van der Waals surface area contributed by atoms with Gasteiger partial charge in [0.1, 0.15) is 10.6 Å². The molecule has 5 rings (SSSR count). The quantitative estimate of drug-likeness (QED) is 0.488. The van der Waals surface area contributed by atoms with Crippen molar-refractivity contribution in [1.82, 2.24) is 14.7 Å². The highest BCUT2D eigenvalue weighted by Crippen LogP contribution is 2.32. The Kier molecular flexibility index (Phi) is 5.08. The van der Waals surface area contributed by atoms with E-state index < -0.39 is 0 Å². The number of halogens is 1. The predicted molar refractivity (Wildman–Crippen MR) is 125 cm³/mol. The van der Waals surface area contributed by atoms with E-state index in [-0.39, 0.29) is 11.7 Å². The summed E-state index contributed by atoms with van der Waals surface area (Å²) < 4.78 is 1.88. The summed E-state index contributed by atoms with van der Waals surface area (Å²) in [7, 11) is 0. The molecule has 2 aromatic carbocycles. The van der Waals surface area contributed by atoms with Gasteiger partial charge in [0.2, 0.25) is 0 Å². The number of phenolic OH excluding ortho intramolecular Hbond substituents is 1. The lowest BCUT2D eigenvalue weighted by molar-refractivity contribution is 0.0751. The molecule has 1 fully saturated rings. The Hall–Kier alpha value is -3.03. The zero-order chi connectivity index (χ0) is 21.5. The van der Waals surface area contributed by atoms with Crippen LogP contribution in [0.15, 0.2) is 54.6 Å². The number of hydrogen-bond donors (Lipinski definition) is 1. The molecule has 2 aromatic heterocycles. The summed E-state index contributed by atoms with van der Waals surface area (Å²) in [6, 6.07) is 16.7. The van der Waals surface area contributed by atoms with Crippen LogP contribution in [0.3, 0.4) is 0 Å². The van der Waals surface area contributed by atoms with E-state index in [4.69, 9.17) is 11.6 Å². The van der Waals surface area contributed by atoms with Gasteiger partial charge in [-0.25, -0.2) is 4.68 Å². The van der Waals surface area contributed by atoms with Crippen molar-refractivity contribution in [3.8, 4) is 11.4 Å². The molecule has 158 valence electrons. The first kappa shape index (κ1) is 19.9. The summed E-state index contributed by atoms with van der Waals surface area (Å²) in [6.45, 7) is 4.72. The van der Waals surface area contributed by atoms with Crippen molar-refractivity contribution in [3.05, 3.63) is 70.2 Å². The number of thiophene rings is 1. The van der Waals surface area contributed by atoms with E-state index in [9.17, 15) is 9.90 Å². The minimum absolute atomic E-state index is 0.0545. The summed E-state index contributed by atoms with van der Waals surface area (Å²) >= 11 is 7.49. The highest BCUT2D eigenvalue weighted by atomic mass is 35.5. The number of aromatic hydroxyl groups is 1. The van der Waals surface area contributed by atoms with Crippen molar-refractivity contribution in [2.45, 2.75) is 6.92 Å². The standard InChI is InChI=1S/C23H21ClN4O2S/c1-15-20-14-21(31-23(20)28(25-15)17-7-5-16(24)6-8-17)22(30)27-11-9-26(10-12-27)18-3-2-4-19(29)13-18/h2-8,13-14,29H,9-12H2,1H3. The smallest absolute Gasteiger partial charge is 0.264 e. The third kappa shape index (κ3) is 3.75. The molecular formula is C23H21ClN4O2S. The Morgan fingerprint density at radius 1 is 1.03 bits per heavy atom. The molecule has 1 amide bonds. The summed E-state index contributed by atoms with van der Waals surface area (Å²) in [5.74, 6) is 0.310. The second-order valence-corrected chi connectivity index (χ2v) is 9.07. The van der Waals surface area contributed by atoms with Crippen molar-refractivity contribution in [1.29, 1.82) is 0 Å². The summed E-state index contributed by atoms with van der Waals surface area (Å²) in [5, 5.41) is 16.0. The summed E-state index contributed by atoms with van der Waals surface area (Å²) in [6.07, 6.45) is 0. The van der Waals surface area contributed by atoms with Gasteiger partial charge in [-0.2, -0.15) is 5.10 Å². The number of anilines is 1. The van der Waals surface area contributed by atoms with Crippen LogP contribution in [0.5, 0.6) is 5.75 Å². The molecule has 1 saturated heterocycles. The molecular weight excluding hydrogens is 432 g/mol. The number of rotatable bonds is 3. The van der Waals surface area contributed by atoms with E-state index in [1.165, 1.54) is 11.3 Å². The number of piperazine rings is 1. The molecule has 31 heavy (non-hydrogen) atoms. The normalized spacial score (nSPS) is 14.4. The lowest BCUT2D eigenvalue weighted by Gasteiger charge is -2.36. The van der Waals surface area contributed by atoms with Crippen molar-refractivity contribution >= 4 is 44.7 Å². The number of aromatic nitrogens is 2. The molecule has 1 aliphatic rings. The second kappa shape index (κ2) is 7.90. The van der Waals surface area contributed by atoms with Crippen molar-refractivity contribution < 1.29 is 9.90 Å². The highest BCUT2D eigenvalue weighted by Gasteiger charge is 2.25. The van der Waals surface area contributed by atoms with Gasteiger partial charge in [-0.3, -0.25) is 4.79 Å². The fourth-order valence-corrected chi connectivity index (χ4v) is 5.20. The molecule has 0 bridgehead atoms. The van der Waals surface area contributed by atoms with E-state index in [0.717, 1.165) is 45.3 Å². The highest BCUT2D eigenvalue weighted by molar-refractivity contribution is 7.20. The van der Waals surface area contributed by atoms with Gasteiger partial charge in [-0.15, -0.1) is 11.3 Å². The number of amides is 1. The number of phenols is 1. The number of aryl methyl sites for hydroxylation is 1. The first-order valence-corrected chi connectivity index (χ1v) is 11.3. The van der Waals surface area contributed by atoms with Gasteiger partial charge < -0.3 is 14.9 Å². The summed E-state index contributed by atoms with van der Waals surface area (Å²) in [5.41, 5.74) is 2.80. The van der Waals surface area contributed by atoms with Crippen LogP contribution in [-0.4, -0.2) is 51.9 Å². The minimum atomic E-state index is 0.0545. The molecule has 4 aromatic rings. The van der Waals surface area contributed by atoms with Gasteiger partial charge in [0.25, 0.3) is 5.91 Å². The van der Waals surface area contributed by atoms with Gasteiger partial charge in [0.15, 0.2) is 0 Å². The monoisotopic (exact) mass is 452 g/mol. The zero-order valence-corrected chi connectivity index (χ0v) is 18.5. The maximum Gasteiger partial charge on any atom is 0.264 e. The Balaban J connectivity index is 1.36. The fourth-order valence-electron chi connectivity index (χ4n) is 3.92. The topological polar surface area (TPSA) is 61.6 Å². The second-order valence-electron chi connectivity index (χ2n) is 7.60. The van der Waals surface area contributed by atoms with Gasteiger partial charge in [-0.1, -0.05) is 17.7 Å². The van der Waals surface area contributed by atoms with Crippen LogP contribution < -0.4 is 4.90 Å². The molecule has 0 atom stereocenters. The number of nitrogens with zero attached hydrogens (tertiary/aromatic N) is 4. The number of hydrogen-bond acceptors (Lipinski definition) is 5. The number of fused-ring (bicyclic) bond motifs is 1. The minimum Gasteiger partial charge on any atom is -0.508 e.